The summed E-state index contributed by atoms with van der Waals surface area (Å²) >= 11 is 0. The first-order valence-corrected chi connectivity index (χ1v) is 10.2. The highest BCUT2D eigenvalue weighted by Crippen LogP contribution is 2.41. The molecule has 1 aliphatic heterocycles. The lowest BCUT2D eigenvalue weighted by Crippen LogP contribution is -2.46. The van der Waals surface area contributed by atoms with Crippen LogP contribution in [0.15, 0.2) is 36.7 Å². The summed E-state index contributed by atoms with van der Waals surface area (Å²) in [5.74, 6) is 0.163. The number of hydrogen-bond donors (Lipinski definition) is 2. The average molecular weight is 531 g/mol. The minimum absolute atomic E-state index is 0. The van der Waals surface area contributed by atoms with Gasteiger partial charge < -0.3 is 10.6 Å². The number of alkyl halides is 3. The number of aryl methyl sites for hydroxylation is 1. The van der Waals surface area contributed by atoms with Crippen molar-refractivity contribution in [3.63, 3.8) is 0 Å². The van der Waals surface area contributed by atoms with Gasteiger partial charge in [-0.15, -0.1) is 37.2 Å². The number of nitrogens with zero attached hydrogens (tertiary/aromatic N) is 3. The average Bonchev–Trinajstić information content (AvgIpc) is 3.34. The number of halogens is 6. The van der Waals surface area contributed by atoms with Crippen molar-refractivity contribution in [2.45, 2.75) is 43.4 Å². The van der Waals surface area contributed by atoms with Crippen molar-refractivity contribution in [2.24, 2.45) is 7.05 Å². The molecule has 186 valence electrons. The van der Waals surface area contributed by atoms with Crippen molar-refractivity contribution in [1.82, 2.24) is 20.0 Å². The van der Waals surface area contributed by atoms with Gasteiger partial charge in [0.15, 0.2) is 0 Å². The van der Waals surface area contributed by atoms with Gasteiger partial charge in [0.05, 0.1) is 18.4 Å². The Labute approximate surface area is 209 Å². The molecule has 1 saturated carbocycles. The Kier molecular flexibility index (Phi) is 11.0. The Balaban J connectivity index is 0.00000181. The first-order valence-electron chi connectivity index (χ1n) is 10.2. The number of likely N-dealkylation sites (tertiary alicyclic amines) is 1. The van der Waals surface area contributed by atoms with Crippen LogP contribution in [0.1, 0.15) is 41.1 Å². The Morgan fingerprint density at radius 3 is 2.48 bits per heavy atom. The number of nitrogens with one attached hydrogen (secondary N) is 2. The zero-order chi connectivity index (χ0) is 21.3. The third-order valence-corrected chi connectivity index (χ3v) is 5.77. The summed E-state index contributed by atoms with van der Waals surface area (Å²) in [6.07, 6.45) is 1.65. The topological polar surface area (TPSA) is 62.2 Å². The minimum Gasteiger partial charge on any atom is -0.319 e. The van der Waals surface area contributed by atoms with Crippen molar-refractivity contribution in [2.75, 3.05) is 25.0 Å². The second kappa shape index (κ2) is 12.3. The molecular formula is C21H29Cl3F3N5O. The lowest BCUT2D eigenvalue weighted by molar-refractivity contribution is -0.148. The maximum Gasteiger partial charge on any atom is 0.401 e. The monoisotopic (exact) mass is 529 g/mol. The second-order valence-electron chi connectivity index (χ2n) is 8.26. The van der Waals surface area contributed by atoms with Gasteiger partial charge in [-0.05, 0) is 50.0 Å². The third kappa shape index (κ3) is 8.33. The molecule has 1 aromatic carbocycles. The zero-order valence-electron chi connectivity index (χ0n) is 18.0. The van der Waals surface area contributed by atoms with Crippen LogP contribution in [0.5, 0.6) is 0 Å². The summed E-state index contributed by atoms with van der Waals surface area (Å²) in [4.78, 5) is 14.0. The van der Waals surface area contributed by atoms with Gasteiger partial charge in [-0.25, -0.2) is 0 Å². The van der Waals surface area contributed by atoms with E-state index in [1.807, 2.05) is 18.2 Å². The molecule has 2 aromatic rings. The Bertz CT molecular complexity index is 903. The van der Waals surface area contributed by atoms with E-state index in [9.17, 15) is 18.0 Å². The van der Waals surface area contributed by atoms with E-state index < -0.39 is 12.7 Å². The number of benzene rings is 1. The fraction of sp³-hybridized carbons (Fsp3) is 0.524. The SMILES string of the molecule is Cl.Cl.Cl.Cn1cc(NC(=O)c2cccc(C3CC3NC3CCN(CC(F)(F)F)CC3)c2)cn1. The summed E-state index contributed by atoms with van der Waals surface area (Å²) in [7, 11) is 1.79. The molecule has 33 heavy (non-hydrogen) atoms. The summed E-state index contributed by atoms with van der Waals surface area (Å²) in [5, 5.41) is 10.5. The summed E-state index contributed by atoms with van der Waals surface area (Å²) in [6.45, 7) is 0.122. The van der Waals surface area contributed by atoms with E-state index in [2.05, 4.69) is 15.7 Å². The molecule has 0 bridgehead atoms. The van der Waals surface area contributed by atoms with Crippen molar-refractivity contribution < 1.29 is 18.0 Å². The molecule has 12 heteroatoms. The van der Waals surface area contributed by atoms with E-state index in [0.717, 1.165) is 24.8 Å². The van der Waals surface area contributed by atoms with Crippen molar-refractivity contribution in [1.29, 1.82) is 0 Å². The molecule has 1 saturated heterocycles. The normalized spacial score (nSPS) is 20.7. The largest absolute Gasteiger partial charge is 0.401 e. The molecule has 0 spiro atoms. The molecule has 2 heterocycles. The van der Waals surface area contributed by atoms with Crippen LogP contribution in [0, 0.1) is 0 Å². The number of aromatic nitrogens is 2. The van der Waals surface area contributed by atoms with Gasteiger partial charge >= 0.3 is 6.18 Å². The van der Waals surface area contributed by atoms with Gasteiger partial charge in [-0.3, -0.25) is 14.4 Å². The highest BCUT2D eigenvalue weighted by Gasteiger charge is 2.40. The van der Waals surface area contributed by atoms with Crippen LogP contribution < -0.4 is 10.6 Å². The Morgan fingerprint density at radius 2 is 1.88 bits per heavy atom. The van der Waals surface area contributed by atoms with E-state index in [4.69, 9.17) is 0 Å². The fourth-order valence-electron chi connectivity index (χ4n) is 4.16. The van der Waals surface area contributed by atoms with Crippen LogP contribution in [0.3, 0.4) is 0 Å². The summed E-state index contributed by atoms with van der Waals surface area (Å²) < 4.78 is 39.2. The Hall–Kier alpha value is -1.52. The van der Waals surface area contributed by atoms with Crippen molar-refractivity contribution in [3.8, 4) is 0 Å². The molecule has 6 nitrogen and oxygen atoms in total. The van der Waals surface area contributed by atoms with E-state index in [-0.39, 0.29) is 49.2 Å². The predicted octanol–water partition coefficient (Wildman–Crippen LogP) is 4.41. The molecular weight excluding hydrogens is 502 g/mol. The molecule has 2 atom stereocenters. The third-order valence-electron chi connectivity index (χ3n) is 5.77. The van der Waals surface area contributed by atoms with E-state index in [0.29, 0.717) is 36.3 Å². The van der Waals surface area contributed by atoms with Gasteiger partial charge in [0.1, 0.15) is 0 Å². The van der Waals surface area contributed by atoms with Crippen LogP contribution in [-0.4, -0.2) is 58.5 Å². The van der Waals surface area contributed by atoms with Crippen molar-refractivity contribution >= 4 is 48.8 Å². The lowest BCUT2D eigenvalue weighted by atomic mass is 10.0. The smallest absolute Gasteiger partial charge is 0.319 e. The predicted molar refractivity (Wildman–Crippen MR) is 129 cm³/mol. The molecule has 2 N–H and O–H groups in total. The number of amides is 1. The van der Waals surface area contributed by atoms with Crippen LogP contribution in [0.25, 0.3) is 0 Å². The fourth-order valence-corrected chi connectivity index (χ4v) is 4.16. The minimum atomic E-state index is -4.13. The molecule has 0 radical (unpaired) electrons. The van der Waals surface area contributed by atoms with E-state index in [1.54, 1.807) is 30.2 Å². The number of anilines is 1. The van der Waals surface area contributed by atoms with Gasteiger partial charge in [0.25, 0.3) is 5.91 Å². The number of hydrogen-bond acceptors (Lipinski definition) is 4. The van der Waals surface area contributed by atoms with Gasteiger partial charge in [0, 0.05) is 36.8 Å². The van der Waals surface area contributed by atoms with Crippen LogP contribution in [0.2, 0.25) is 0 Å². The molecule has 2 fully saturated rings. The van der Waals surface area contributed by atoms with E-state index in [1.165, 1.54) is 4.90 Å². The zero-order valence-corrected chi connectivity index (χ0v) is 20.5. The maximum atomic E-state index is 12.5. The van der Waals surface area contributed by atoms with Gasteiger partial charge in [-0.2, -0.15) is 18.3 Å². The lowest BCUT2D eigenvalue weighted by Gasteiger charge is -2.33. The number of carbonyl (C=O) groups is 1. The highest BCUT2D eigenvalue weighted by molar-refractivity contribution is 6.04. The summed E-state index contributed by atoms with van der Waals surface area (Å²) in [5.41, 5.74) is 2.36. The molecule has 2 unspecified atom stereocenters. The molecule has 2 aliphatic rings. The van der Waals surface area contributed by atoms with E-state index >= 15 is 0 Å². The number of carbonyl (C=O) groups excluding carboxylic acids is 1. The first-order chi connectivity index (χ1) is 14.3. The first kappa shape index (κ1) is 29.5. The maximum absolute atomic E-state index is 12.5. The summed E-state index contributed by atoms with van der Waals surface area (Å²) in [6, 6.07) is 8.19. The molecule has 1 amide bonds. The van der Waals surface area contributed by atoms with Crippen LogP contribution >= 0.6 is 37.2 Å². The van der Waals surface area contributed by atoms with Crippen molar-refractivity contribution in [3.05, 3.63) is 47.8 Å². The van der Waals surface area contributed by atoms with Crippen LogP contribution in [-0.2, 0) is 7.05 Å². The quantitative estimate of drug-likeness (QED) is 0.581. The van der Waals surface area contributed by atoms with Gasteiger partial charge in [-0.1, -0.05) is 12.1 Å². The molecule has 4 rings (SSSR count). The molecule has 1 aliphatic carbocycles. The van der Waals surface area contributed by atoms with Crippen LogP contribution in [0.4, 0.5) is 18.9 Å². The second-order valence-corrected chi connectivity index (χ2v) is 8.26. The number of piperidine rings is 1. The standard InChI is InChI=1S/C21H26F3N5O.3ClH/c1-28-12-17(11-25-28)27-20(30)15-4-2-3-14(9-15)18-10-19(18)26-16-5-7-29(8-6-16)13-21(22,23)24;;;/h2-4,9,11-12,16,18-19,26H,5-8,10,13H2,1H3,(H,27,30);3*1H. The number of rotatable bonds is 6. The Morgan fingerprint density at radius 1 is 1.18 bits per heavy atom. The molecule has 1 aromatic heterocycles. The van der Waals surface area contributed by atoms with Gasteiger partial charge in [0.2, 0.25) is 0 Å². The highest BCUT2D eigenvalue weighted by atomic mass is 35.5.